The van der Waals surface area contributed by atoms with E-state index in [4.69, 9.17) is 28.7 Å². The second-order valence-corrected chi connectivity index (χ2v) is 22.6. The van der Waals surface area contributed by atoms with Crippen molar-refractivity contribution in [1.82, 2.24) is 29.9 Å². The lowest BCUT2D eigenvalue weighted by Gasteiger charge is -2.14. The summed E-state index contributed by atoms with van der Waals surface area (Å²) in [6, 6.07) is 47.8. The van der Waals surface area contributed by atoms with Crippen LogP contribution in [0.3, 0.4) is 0 Å². The number of ketones is 3. The zero-order valence-electron chi connectivity index (χ0n) is 54.7. The first-order chi connectivity index (χ1) is 48.9. The molecule has 5 N–H and O–H groups in total. The third-order valence-electron chi connectivity index (χ3n) is 15.1. The topological polar surface area (TPSA) is 327 Å². The third kappa shape index (κ3) is 18.2. The van der Waals surface area contributed by atoms with Crippen LogP contribution in [0.2, 0.25) is 0 Å². The first-order valence-electron chi connectivity index (χ1n) is 30.7. The number of Topliss-reactive ketones (excluding diaryl/α,β-unsaturated/α-hetero) is 3. The van der Waals surface area contributed by atoms with Gasteiger partial charge in [-0.1, -0.05) is 73.3 Å². The highest BCUT2D eigenvalue weighted by atomic mass is 32.1. The fraction of sp³-hybridized carbons (Fsp3) is 0.103. The summed E-state index contributed by atoms with van der Waals surface area (Å²) in [5, 5.41) is 43.9. The van der Waals surface area contributed by atoms with Gasteiger partial charge >= 0.3 is 0 Å². The summed E-state index contributed by atoms with van der Waals surface area (Å²) in [4.78, 5) is 104. The Morgan fingerprint density at radius 2 is 0.921 bits per heavy atom. The van der Waals surface area contributed by atoms with E-state index in [-0.39, 0.29) is 106 Å². The molecule has 0 saturated carbocycles. The van der Waals surface area contributed by atoms with Gasteiger partial charge in [-0.2, -0.15) is 11.3 Å². The number of hydrogen-bond donors (Lipinski definition) is 5. The standard InChI is InChI=1S/C24H20N2O4.C20H16N2O4.C19H15NO4S.C15H13NO4/c1-15(29-2)20-11-10-16(14-30-23-9-5-8-22(28)19(23)13-27)24(26-20)18-12-25-21-7-4-3-6-17(18)21;1-13(24)17-6-5-15(14-7-9-21-10-8-14)18(22-17)12-26-20-4-2-3-19(25)16(20)11-23;1-12(22)16-6-5-14(13-7-8-25-11-13)17(20-16)10-24-19-4-2-3-18(23)15(19)9-21;1-10(18)13-5-2-4-11(16-13)9-20-15-7-3-6-14(19)12(15)8-17/h3-13,25,28H,1,14H2,2H3;2-11,25H,12H2,1H3;2-9,11,23H,10H2,1H3;2-8,19H,9H2,1H3. The first-order valence-corrected chi connectivity index (χ1v) is 31.7. The quantitative estimate of drug-likeness (QED) is 0.0213. The Morgan fingerprint density at radius 1 is 0.465 bits per heavy atom. The number of benzene rings is 5. The van der Waals surface area contributed by atoms with E-state index in [9.17, 15) is 54.0 Å². The molecule has 0 saturated heterocycles. The summed E-state index contributed by atoms with van der Waals surface area (Å²) >= 11 is 1.56. The van der Waals surface area contributed by atoms with Crippen LogP contribution >= 0.6 is 11.3 Å². The van der Waals surface area contributed by atoms with Crippen LogP contribution in [0.25, 0.3) is 50.2 Å². The van der Waals surface area contributed by atoms with E-state index >= 15 is 0 Å². The number of aromatic amines is 1. The number of aromatic hydroxyl groups is 4. The number of H-pyrrole nitrogens is 1. The molecule has 7 aromatic heterocycles. The number of rotatable bonds is 24. The number of pyridine rings is 5. The van der Waals surface area contributed by atoms with Crippen molar-refractivity contribution in [2.75, 3.05) is 7.11 Å². The largest absolute Gasteiger partial charge is 0.507 e. The lowest BCUT2D eigenvalue weighted by molar-refractivity contribution is 0.1000. The zero-order chi connectivity index (χ0) is 72.0. The van der Waals surface area contributed by atoms with Gasteiger partial charge in [0.25, 0.3) is 0 Å². The molecule has 5 aromatic carbocycles. The van der Waals surface area contributed by atoms with Gasteiger partial charge in [-0.25, -0.2) is 19.9 Å². The van der Waals surface area contributed by atoms with Gasteiger partial charge in [0.15, 0.2) is 42.5 Å². The molecule has 12 rings (SSSR count). The summed E-state index contributed by atoms with van der Waals surface area (Å²) in [5.74, 6) is 0.577. The molecule has 101 heavy (non-hydrogen) atoms. The van der Waals surface area contributed by atoms with Gasteiger partial charge in [0.1, 0.15) is 101 Å². The number of hydrogen-bond acceptors (Lipinski definition) is 22. The number of aromatic nitrogens is 6. The number of carbonyl (C=O) groups excluding carboxylic acids is 7. The van der Waals surface area contributed by atoms with Crippen molar-refractivity contribution in [3.63, 3.8) is 0 Å². The molecule has 7 heterocycles. The smallest absolute Gasteiger partial charge is 0.178 e. The van der Waals surface area contributed by atoms with Crippen molar-refractivity contribution in [3.8, 4) is 79.5 Å². The number of nitrogens with one attached hydrogen (secondary N) is 1. The highest BCUT2D eigenvalue weighted by molar-refractivity contribution is 7.08. The van der Waals surface area contributed by atoms with Gasteiger partial charge in [-0.15, -0.1) is 0 Å². The molecule has 0 fully saturated rings. The molecule has 0 aliphatic heterocycles. The molecular formula is C78H64N6O16S. The molecule has 0 aliphatic rings. The number of aldehydes is 4. The van der Waals surface area contributed by atoms with Crippen molar-refractivity contribution in [2.24, 2.45) is 0 Å². The lowest BCUT2D eigenvalue weighted by atomic mass is 10.0. The van der Waals surface area contributed by atoms with Crippen LogP contribution < -0.4 is 18.9 Å². The number of fused-ring (bicyclic) bond motifs is 1. The van der Waals surface area contributed by atoms with Crippen LogP contribution in [0.15, 0.2) is 206 Å². The molecule has 0 unspecified atom stereocenters. The maximum Gasteiger partial charge on any atom is 0.178 e. The zero-order valence-corrected chi connectivity index (χ0v) is 55.5. The van der Waals surface area contributed by atoms with Crippen LogP contribution in [-0.4, -0.2) is 99.9 Å². The molecule has 22 nitrogen and oxygen atoms in total. The number of phenols is 4. The molecule has 0 spiro atoms. The van der Waals surface area contributed by atoms with E-state index in [1.807, 2.05) is 77.6 Å². The van der Waals surface area contributed by atoms with E-state index in [1.165, 1.54) is 45.0 Å². The van der Waals surface area contributed by atoms with Crippen LogP contribution in [0.1, 0.15) is 122 Å². The van der Waals surface area contributed by atoms with E-state index in [2.05, 4.69) is 31.5 Å². The van der Waals surface area contributed by atoms with Gasteiger partial charge in [-0.05, 0) is 125 Å². The Bertz CT molecular complexity index is 5000. The van der Waals surface area contributed by atoms with E-state index in [0.717, 1.165) is 50.0 Å². The maximum absolute atomic E-state index is 11.7. The monoisotopic (exact) mass is 1370 g/mol. The number of phenolic OH excluding ortho intramolecular Hbond substituents is 4. The fourth-order valence-corrected chi connectivity index (χ4v) is 10.6. The minimum atomic E-state index is -0.155. The molecule has 0 atom stereocenters. The highest BCUT2D eigenvalue weighted by Crippen LogP contribution is 2.35. The molecule has 508 valence electrons. The van der Waals surface area contributed by atoms with Crippen molar-refractivity contribution in [2.45, 2.75) is 47.2 Å². The SMILES string of the molecule is C=C(OC)c1ccc(COc2cccc(O)c2C=O)c(-c2c[nH]c3ccccc23)n1.CC(=O)c1ccc(-c2ccncc2)c(COc2cccc(O)c2C=O)n1.CC(=O)c1ccc(-c2ccsc2)c(COc2cccc(O)c2C=O)n1.CC(=O)c1cccc(COc2cccc(O)c2C=O)n1. The molecule has 0 amide bonds. The van der Waals surface area contributed by atoms with Gasteiger partial charge in [0.2, 0.25) is 0 Å². The number of carbonyl (C=O) groups is 7. The van der Waals surface area contributed by atoms with Crippen molar-refractivity contribution >= 4 is 70.5 Å². The predicted molar refractivity (Wildman–Crippen MR) is 378 cm³/mol. The number of nitrogens with zero attached hydrogens (tertiary/aromatic N) is 5. The summed E-state index contributed by atoms with van der Waals surface area (Å²) in [6.45, 7) is 8.59. The average Bonchev–Trinajstić information content (AvgIpc) is 1.71. The Hall–Kier alpha value is -13.3. The van der Waals surface area contributed by atoms with Gasteiger partial charge in [0.05, 0.1) is 52.1 Å². The fourth-order valence-electron chi connectivity index (χ4n) is 9.92. The molecule has 0 radical (unpaired) electrons. The maximum atomic E-state index is 11.7. The first kappa shape index (κ1) is 72.0. The Morgan fingerprint density at radius 3 is 1.40 bits per heavy atom. The Balaban J connectivity index is 0.000000158. The molecule has 0 aliphatic carbocycles. The summed E-state index contributed by atoms with van der Waals surface area (Å²) < 4.78 is 28.0. The van der Waals surface area contributed by atoms with E-state index in [1.54, 1.807) is 116 Å². The number of methoxy groups -OCH3 is 1. The van der Waals surface area contributed by atoms with Gasteiger partial charge < -0.3 is 49.1 Å². The minimum absolute atomic E-state index is 0.0308. The van der Waals surface area contributed by atoms with Crippen molar-refractivity contribution in [1.29, 1.82) is 0 Å². The lowest BCUT2D eigenvalue weighted by Crippen LogP contribution is -2.06. The van der Waals surface area contributed by atoms with Gasteiger partial charge in [0, 0.05) is 72.5 Å². The Kier molecular flexibility index (Phi) is 24.7. The summed E-state index contributed by atoms with van der Waals surface area (Å²) in [5.41, 5.74) is 10.7. The van der Waals surface area contributed by atoms with Crippen LogP contribution in [0.4, 0.5) is 0 Å². The second-order valence-electron chi connectivity index (χ2n) is 21.8. The number of thiophene rings is 1. The minimum Gasteiger partial charge on any atom is -0.507 e. The van der Waals surface area contributed by atoms with Crippen LogP contribution in [0.5, 0.6) is 46.0 Å². The average molecular weight is 1370 g/mol. The predicted octanol–water partition coefficient (Wildman–Crippen LogP) is 14.9. The van der Waals surface area contributed by atoms with Crippen LogP contribution in [0, 0.1) is 0 Å². The highest BCUT2D eigenvalue weighted by Gasteiger charge is 2.20. The van der Waals surface area contributed by atoms with Crippen molar-refractivity contribution in [3.05, 3.63) is 273 Å². The third-order valence-corrected chi connectivity index (χ3v) is 15.8. The molecule has 12 aromatic rings. The molecular weight excluding hydrogens is 1310 g/mol. The van der Waals surface area contributed by atoms with Gasteiger partial charge in [-0.3, -0.25) is 38.5 Å². The second kappa shape index (κ2) is 34.6. The Labute approximate surface area is 582 Å². The molecule has 0 bridgehead atoms. The van der Waals surface area contributed by atoms with Crippen LogP contribution in [-0.2, 0) is 31.2 Å². The number of para-hydroxylation sites is 1. The van der Waals surface area contributed by atoms with E-state index < -0.39 is 0 Å². The normalized spacial score (nSPS) is 10.4. The summed E-state index contributed by atoms with van der Waals surface area (Å²) in [6.07, 6.45) is 7.43. The summed E-state index contributed by atoms with van der Waals surface area (Å²) in [7, 11) is 1.55. The number of ether oxygens (including phenoxy) is 5. The van der Waals surface area contributed by atoms with E-state index in [0.29, 0.717) is 76.5 Å². The molecule has 23 heteroatoms. The van der Waals surface area contributed by atoms with Crippen molar-refractivity contribution < 1.29 is 77.7 Å².